The molecule has 6 aromatic rings. The normalized spacial score (nSPS) is 11.2. The van der Waals surface area contributed by atoms with E-state index in [0.717, 1.165) is 11.3 Å². The van der Waals surface area contributed by atoms with Gasteiger partial charge in [0.25, 0.3) is 0 Å². The molecule has 0 aliphatic heterocycles. The zero-order valence-corrected chi connectivity index (χ0v) is 16.9. The highest BCUT2D eigenvalue weighted by Crippen LogP contribution is 2.32. The Morgan fingerprint density at radius 2 is 0.968 bits per heavy atom. The highest BCUT2D eigenvalue weighted by Gasteiger charge is 2.11. The van der Waals surface area contributed by atoms with Crippen LogP contribution in [0.1, 0.15) is 0 Å². The highest BCUT2D eigenvalue weighted by atomic mass is 15.0. The van der Waals surface area contributed by atoms with Gasteiger partial charge in [-0.2, -0.15) is 0 Å². The molecule has 2 aromatic heterocycles. The minimum atomic E-state index is 0.996. The second-order valence-electron chi connectivity index (χ2n) is 7.71. The van der Waals surface area contributed by atoms with E-state index in [0.29, 0.717) is 0 Å². The Morgan fingerprint density at radius 1 is 0.452 bits per heavy atom. The van der Waals surface area contributed by atoms with Gasteiger partial charge in [0.05, 0.1) is 16.7 Å². The molecule has 0 spiro atoms. The van der Waals surface area contributed by atoms with Crippen molar-refractivity contribution >= 4 is 21.8 Å². The summed E-state index contributed by atoms with van der Waals surface area (Å²) in [5.74, 6) is 0. The van der Waals surface area contributed by atoms with Crippen LogP contribution in [-0.2, 0) is 0 Å². The summed E-state index contributed by atoms with van der Waals surface area (Å²) in [6.07, 6.45) is 1.83. The van der Waals surface area contributed by atoms with Crippen molar-refractivity contribution in [2.75, 3.05) is 0 Å². The van der Waals surface area contributed by atoms with Gasteiger partial charge in [0.2, 0.25) is 0 Å². The standard InChI is InChI=1S/C29H20N2/c1-3-10-28-25(7-1)26-8-2-4-11-29(26)31(28)24-18-16-22(17-19-24)21-12-14-23(15-13-21)27-9-5-6-20-30-27/h1-20H. The van der Waals surface area contributed by atoms with Crippen LogP contribution in [0.3, 0.4) is 0 Å². The molecule has 0 atom stereocenters. The molecular formula is C29H20N2. The molecule has 0 bridgehead atoms. The Morgan fingerprint density at radius 3 is 1.55 bits per heavy atom. The summed E-state index contributed by atoms with van der Waals surface area (Å²) in [4.78, 5) is 4.44. The molecule has 0 radical (unpaired) electrons. The van der Waals surface area contributed by atoms with Gasteiger partial charge in [0.15, 0.2) is 0 Å². The lowest BCUT2D eigenvalue weighted by atomic mass is 10.0. The van der Waals surface area contributed by atoms with E-state index in [4.69, 9.17) is 0 Å². The van der Waals surface area contributed by atoms with E-state index < -0.39 is 0 Å². The van der Waals surface area contributed by atoms with Crippen molar-refractivity contribution < 1.29 is 0 Å². The summed E-state index contributed by atoms with van der Waals surface area (Å²) in [5, 5.41) is 2.57. The molecule has 0 saturated heterocycles. The summed E-state index contributed by atoms with van der Waals surface area (Å²) in [7, 11) is 0. The van der Waals surface area contributed by atoms with Crippen LogP contribution >= 0.6 is 0 Å². The Kier molecular flexibility index (Phi) is 4.14. The first kappa shape index (κ1) is 17.7. The fourth-order valence-electron chi connectivity index (χ4n) is 4.37. The molecule has 2 heterocycles. The Labute approximate surface area is 181 Å². The number of fused-ring (bicyclic) bond motifs is 3. The number of benzene rings is 4. The first-order valence-electron chi connectivity index (χ1n) is 10.5. The van der Waals surface area contributed by atoms with Crippen LogP contribution in [0.2, 0.25) is 0 Å². The number of para-hydroxylation sites is 2. The van der Waals surface area contributed by atoms with Crippen LogP contribution in [0.5, 0.6) is 0 Å². The summed E-state index contributed by atoms with van der Waals surface area (Å²) < 4.78 is 2.35. The second kappa shape index (κ2) is 7.26. The summed E-state index contributed by atoms with van der Waals surface area (Å²) >= 11 is 0. The predicted molar refractivity (Wildman–Crippen MR) is 129 cm³/mol. The Balaban J connectivity index is 1.40. The molecule has 31 heavy (non-hydrogen) atoms. The lowest BCUT2D eigenvalue weighted by Crippen LogP contribution is -1.93. The van der Waals surface area contributed by atoms with Gasteiger partial charge >= 0.3 is 0 Å². The van der Waals surface area contributed by atoms with Gasteiger partial charge in [-0.15, -0.1) is 0 Å². The third-order valence-corrected chi connectivity index (χ3v) is 5.88. The van der Waals surface area contributed by atoms with Crippen molar-refractivity contribution in [2.24, 2.45) is 0 Å². The van der Waals surface area contributed by atoms with E-state index >= 15 is 0 Å². The van der Waals surface area contributed by atoms with Gasteiger partial charge in [-0.3, -0.25) is 4.98 Å². The predicted octanol–water partition coefficient (Wildman–Crippen LogP) is 7.51. The topological polar surface area (TPSA) is 17.8 Å². The fraction of sp³-hybridized carbons (Fsp3) is 0. The third-order valence-electron chi connectivity index (χ3n) is 5.88. The molecule has 146 valence electrons. The van der Waals surface area contributed by atoms with Crippen LogP contribution in [-0.4, -0.2) is 9.55 Å². The number of rotatable bonds is 3. The number of aromatic nitrogens is 2. The maximum absolute atomic E-state index is 4.44. The summed E-state index contributed by atoms with van der Waals surface area (Å²) in [6, 6.07) is 40.6. The lowest BCUT2D eigenvalue weighted by Gasteiger charge is -2.10. The molecule has 0 saturated carbocycles. The van der Waals surface area contributed by atoms with Crippen molar-refractivity contribution in [1.82, 2.24) is 9.55 Å². The van der Waals surface area contributed by atoms with Crippen molar-refractivity contribution in [1.29, 1.82) is 0 Å². The van der Waals surface area contributed by atoms with Crippen molar-refractivity contribution in [3.05, 3.63) is 121 Å². The van der Waals surface area contributed by atoms with E-state index in [1.54, 1.807) is 0 Å². The molecule has 0 fully saturated rings. The first-order valence-corrected chi connectivity index (χ1v) is 10.5. The van der Waals surface area contributed by atoms with Gasteiger partial charge in [-0.25, -0.2) is 0 Å². The van der Waals surface area contributed by atoms with E-state index in [-0.39, 0.29) is 0 Å². The molecule has 4 aromatic carbocycles. The minimum absolute atomic E-state index is 0.996. The average molecular weight is 396 g/mol. The molecule has 0 unspecified atom stereocenters. The van der Waals surface area contributed by atoms with Gasteiger partial charge in [-0.1, -0.05) is 78.9 Å². The SMILES string of the molecule is c1ccc(-c2ccc(-c3ccc(-n4c5ccccc5c5ccccc54)cc3)cc2)nc1. The van der Waals surface area contributed by atoms with Crippen LogP contribution in [0.15, 0.2) is 121 Å². The molecule has 0 N–H and O–H groups in total. The highest BCUT2D eigenvalue weighted by molar-refractivity contribution is 6.09. The third kappa shape index (κ3) is 3.01. The number of hydrogen-bond acceptors (Lipinski definition) is 1. The fourth-order valence-corrected chi connectivity index (χ4v) is 4.37. The quantitative estimate of drug-likeness (QED) is 0.303. The van der Waals surface area contributed by atoms with Crippen LogP contribution in [0, 0.1) is 0 Å². The zero-order valence-electron chi connectivity index (χ0n) is 16.9. The van der Waals surface area contributed by atoms with E-state index in [1.807, 2.05) is 24.4 Å². The van der Waals surface area contributed by atoms with Crippen LogP contribution < -0.4 is 0 Å². The van der Waals surface area contributed by atoms with E-state index in [1.165, 1.54) is 38.6 Å². The molecule has 0 aliphatic rings. The van der Waals surface area contributed by atoms with Gasteiger partial charge in [0, 0.05) is 28.2 Å². The van der Waals surface area contributed by atoms with Gasteiger partial charge in [0.1, 0.15) is 0 Å². The Bertz CT molecular complexity index is 1440. The number of nitrogens with zero attached hydrogens (tertiary/aromatic N) is 2. The average Bonchev–Trinajstić information content (AvgIpc) is 3.19. The number of hydrogen-bond donors (Lipinski definition) is 0. The Hall–Kier alpha value is -4.17. The smallest absolute Gasteiger partial charge is 0.0701 e. The van der Waals surface area contributed by atoms with Gasteiger partial charge < -0.3 is 4.57 Å². The summed E-state index contributed by atoms with van der Waals surface area (Å²) in [6.45, 7) is 0. The van der Waals surface area contributed by atoms with E-state index in [2.05, 4.69) is 107 Å². The largest absolute Gasteiger partial charge is 0.309 e. The first-order chi connectivity index (χ1) is 15.4. The lowest BCUT2D eigenvalue weighted by molar-refractivity contribution is 1.18. The molecule has 0 aliphatic carbocycles. The number of pyridine rings is 1. The van der Waals surface area contributed by atoms with Crippen molar-refractivity contribution in [3.8, 4) is 28.1 Å². The van der Waals surface area contributed by atoms with Crippen molar-refractivity contribution in [3.63, 3.8) is 0 Å². The maximum Gasteiger partial charge on any atom is 0.0701 e. The van der Waals surface area contributed by atoms with Crippen LogP contribution in [0.25, 0.3) is 49.9 Å². The zero-order chi connectivity index (χ0) is 20.6. The van der Waals surface area contributed by atoms with E-state index in [9.17, 15) is 0 Å². The molecular weight excluding hydrogens is 376 g/mol. The molecule has 0 amide bonds. The molecule has 6 rings (SSSR count). The maximum atomic E-state index is 4.44. The second-order valence-corrected chi connectivity index (χ2v) is 7.71. The minimum Gasteiger partial charge on any atom is -0.309 e. The monoisotopic (exact) mass is 396 g/mol. The summed E-state index contributed by atoms with van der Waals surface area (Å²) in [5.41, 5.74) is 8.17. The molecule has 2 heteroatoms. The van der Waals surface area contributed by atoms with Crippen molar-refractivity contribution in [2.45, 2.75) is 0 Å². The van der Waals surface area contributed by atoms with Gasteiger partial charge in [-0.05, 0) is 47.5 Å². The van der Waals surface area contributed by atoms with Crippen LogP contribution in [0.4, 0.5) is 0 Å². The molecule has 2 nitrogen and oxygen atoms in total.